The third-order valence-corrected chi connectivity index (χ3v) is 5.27. The lowest BCUT2D eigenvalue weighted by atomic mass is 10.1. The third kappa shape index (κ3) is 3.74. The van der Waals surface area contributed by atoms with Crippen molar-refractivity contribution in [3.63, 3.8) is 0 Å². The molecule has 4 rings (SSSR count). The zero-order chi connectivity index (χ0) is 17.9. The number of anilines is 2. The van der Waals surface area contributed by atoms with Gasteiger partial charge in [-0.25, -0.2) is 0 Å². The number of hydrogen-bond donors (Lipinski definition) is 2. The minimum atomic E-state index is -0.0807. The van der Waals surface area contributed by atoms with Crippen LogP contribution < -0.4 is 10.6 Å². The molecule has 5 nitrogen and oxygen atoms in total. The van der Waals surface area contributed by atoms with Crippen molar-refractivity contribution in [2.24, 2.45) is 0 Å². The summed E-state index contributed by atoms with van der Waals surface area (Å²) < 4.78 is 5.29. The molecule has 2 aliphatic heterocycles. The molecule has 136 valence electrons. The molecular formula is C21H25N3O2. The summed E-state index contributed by atoms with van der Waals surface area (Å²) in [6.45, 7) is 5.92. The van der Waals surface area contributed by atoms with E-state index in [9.17, 15) is 4.79 Å². The van der Waals surface area contributed by atoms with Crippen LogP contribution in [0, 0.1) is 6.92 Å². The second kappa shape index (κ2) is 7.48. The number of ether oxygens (including phenoxy) is 1. The van der Waals surface area contributed by atoms with Crippen LogP contribution in [0.1, 0.15) is 22.3 Å². The Kier molecular flexibility index (Phi) is 4.91. The Balaban J connectivity index is 1.33. The predicted molar refractivity (Wildman–Crippen MR) is 104 cm³/mol. The van der Waals surface area contributed by atoms with Gasteiger partial charge in [-0.3, -0.25) is 9.69 Å². The number of nitrogens with zero attached hydrogens (tertiary/aromatic N) is 1. The Labute approximate surface area is 154 Å². The Morgan fingerprint density at radius 2 is 1.88 bits per heavy atom. The molecular weight excluding hydrogens is 326 g/mol. The molecule has 0 aliphatic carbocycles. The predicted octanol–water partition coefficient (Wildman–Crippen LogP) is 3.13. The van der Waals surface area contributed by atoms with Crippen molar-refractivity contribution in [3.05, 3.63) is 59.7 Å². The van der Waals surface area contributed by atoms with Gasteiger partial charge in [0.15, 0.2) is 0 Å². The Morgan fingerprint density at radius 3 is 2.58 bits per heavy atom. The van der Waals surface area contributed by atoms with Crippen molar-refractivity contribution in [2.75, 3.05) is 36.9 Å². The smallest absolute Gasteiger partial charge is 0.255 e. The van der Waals surface area contributed by atoms with Crippen LogP contribution in [0.15, 0.2) is 48.5 Å². The average Bonchev–Trinajstić information content (AvgIpc) is 3.04. The Morgan fingerprint density at radius 1 is 1.12 bits per heavy atom. The second-order valence-corrected chi connectivity index (χ2v) is 7.16. The molecule has 0 spiro atoms. The van der Waals surface area contributed by atoms with E-state index in [2.05, 4.69) is 15.5 Å². The summed E-state index contributed by atoms with van der Waals surface area (Å²) in [5, 5.41) is 6.56. The van der Waals surface area contributed by atoms with E-state index < -0.39 is 0 Å². The largest absolute Gasteiger partial charge is 0.381 e. The van der Waals surface area contributed by atoms with Crippen molar-refractivity contribution in [1.82, 2.24) is 4.90 Å². The maximum Gasteiger partial charge on any atom is 0.255 e. The van der Waals surface area contributed by atoms with Gasteiger partial charge in [0.2, 0.25) is 0 Å². The maximum atomic E-state index is 12.4. The highest BCUT2D eigenvalue weighted by Gasteiger charge is 2.32. The van der Waals surface area contributed by atoms with Crippen LogP contribution in [-0.2, 0) is 4.74 Å². The molecule has 0 unspecified atom stereocenters. The lowest BCUT2D eigenvalue weighted by Gasteiger charge is -2.34. The molecule has 1 atom stereocenters. The van der Waals surface area contributed by atoms with Gasteiger partial charge in [0, 0.05) is 36.1 Å². The number of rotatable bonds is 5. The van der Waals surface area contributed by atoms with E-state index >= 15 is 0 Å². The van der Waals surface area contributed by atoms with Crippen molar-refractivity contribution in [1.29, 1.82) is 0 Å². The van der Waals surface area contributed by atoms with Gasteiger partial charge in [-0.15, -0.1) is 0 Å². The molecule has 5 heteroatoms. The van der Waals surface area contributed by atoms with Crippen molar-refractivity contribution >= 4 is 17.3 Å². The van der Waals surface area contributed by atoms with E-state index in [-0.39, 0.29) is 5.91 Å². The Hall–Kier alpha value is -2.37. The molecule has 1 amide bonds. The average molecular weight is 351 g/mol. The minimum Gasteiger partial charge on any atom is -0.381 e. The van der Waals surface area contributed by atoms with Gasteiger partial charge in [0.25, 0.3) is 5.91 Å². The summed E-state index contributed by atoms with van der Waals surface area (Å²) >= 11 is 0. The lowest BCUT2D eigenvalue weighted by molar-refractivity contribution is -0.0571. The minimum absolute atomic E-state index is 0.0807. The number of likely N-dealkylation sites (tertiary alicyclic amines) is 1. The molecule has 2 N–H and O–H groups in total. The highest BCUT2D eigenvalue weighted by molar-refractivity contribution is 6.04. The molecule has 2 fully saturated rings. The number of hydrogen-bond acceptors (Lipinski definition) is 4. The molecule has 2 saturated heterocycles. The SMILES string of the molecule is Cc1ccccc1NC(=O)c1ccc(N[C@@H]2CCN(C3COC3)C2)cc1. The molecule has 0 saturated carbocycles. The molecule has 2 aromatic rings. The summed E-state index contributed by atoms with van der Waals surface area (Å²) in [6.07, 6.45) is 1.14. The number of aryl methyl sites for hydroxylation is 1. The molecule has 0 radical (unpaired) electrons. The number of carbonyl (C=O) groups is 1. The normalized spacial score (nSPS) is 20.6. The van der Waals surface area contributed by atoms with Crippen LogP contribution >= 0.6 is 0 Å². The van der Waals surface area contributed by atoms with Crippen LogP contribution in [0.25, 0.3) is 0 Å². The van der Waals surface area contributed by atoms with E-state index in [1.807, 2.05) is 55.5 Å². The monoisotopic (exact) mass is 351 g/mol. The summed E-state index contributed by atoms with van der Waals surface area (Å²) in [7, 11) is 0. The fourth-order valence-electron chi connectivity index (χ4n) is 3.53. The number of benzene rings is 2. The van der Waals surface area contributed by atoms with Crippen LogP contribution in [0.5, 0.6) is 0 Å². The fraction of sp³-hybridized carbons (Fsp3) is 0.381. The van der Waals surface area contributed by atoms with E-state index in [4.69, 9.17) is 4.74 Å². The van der Waals surface area contributed by atoms with Gasteiger partial charge in [-0.05, 0) is 49.2 Å². The second-order valence-electron chi connectivity index (χ2n) is 7.16. The first kappa shape index (κ1) is 17.1. The quantitative estimate of drug-likeness (QED) is 0.869. The van der Waals surface area contributed by atoms with Crippen molar-refractivity contribution < 1.29 is 9.53 Å². The summed E-state index contributed by atoms with van der Waals surface area (Å²) in [5.74, 6) is -0.0807. The van der Waals surface area contributed by atoms with Gasteiger partial charge < -0.3 is 15.4 Å². The standard InChI is InChI=1S/C21H25N3O2/c1-15-4-2-3-5-20(15)23-21(25)16-6-8-17(9-7-16)22-18-10-11-24(12-18)19-13-26-14-19/h2-9,18-19,22H,10-14H2,1H3,(H,23,25)/t18-/m1/s1. The van der Waals surface area contributed by atoms with Crippen molar-refractivity contribution in [2.45, 2.75) is 25.4 Å². The Bertz CT molecular complexity index is 771. The van der Waals surface area contributed by atoms with E-state index in [1.54, 1.807) is 0 Å². The van der Waals surface area contributed by atoms with Crippen LogP contribution in [-0.4, -0.2) is 49.2 Å². The molecule has 2 aliphatic rings. The molecule has 2 heterocycles. The van der Waals surface area contributed by atoms with Gasteiger partial charge in [0.05, 0.1) is 19.3 Å². The molecule has 0 aromatic heterocycles. The first-order chi connectivity index (χ1) is 12.7. The molecule has 0 bridgehead atoms. The van der Waals surface area contributed by atoms with Gasteiger partial charge >= 0.3 is 0 Å². The first-order valence-corrected chi connectivity index (χ1v) is 9.24. The van der Waals surface area contributed by atoms with Gasteiger partial charge in [-0.2, -0.15) is 0 Å². The van der Waals surface area contributed by atoms with Gasteiger partial charge in [0.1, 0.15) is 0 Å². The maximum absolute atomic E-state index is 12.4. The fourth-order valence-corrected chi connectivity index (χ4v) is 3.53. The van der Waals surface area contributed by atoms with Gasteiger partial charge in [-0.1, -0.05) is 18.2 Å². The lowest BCUT2D eigenvalue weighted by Crippen LogP contribution is -2.48. The summed E-state index contributed by atoms with van der Waals surface area (Å²) in [5.41, 5.74) is 3.64. The molecule has 2 aromatic carbocycles. The summed E-state index contributed by atoms with van der Waals surface area (Å²) in [4.78, 5) is 14.9. The summed E-state index contributed by atoms with van der Waals surface area (Å²) in [6, 6.07) is 16.6. The zero-order valence-electron chi connectivity index (χ0n) is 15.1. The highest BCUT2D eigenvalue weighted by atomic mass is 16.5. The molecule has 26 heavy (non-hydrogen) atoms. The topological polar surface area (TPSA) is 53.6 Å². The van der Waals surface area contributed by atoms with Crippen molar-refractivity contribution in [3.8, 4) is 0 Å². The van der Waals surface area contributed by atoms with E-state index in [0.29, 0.717) is 17.6 Å². The van der Waals surface area contributed by atoms with Crippen LogP contribution in [0.2, 0.25) is 0 Å². The number of para-hydroxylation sites is 1. The van der Waals surface area contributed by atoms with Crippen LogP contribution in [0.4, 0.5) is 11.4 Å². The highest BCUT2D eigenvalue weighted by Crippen LogP contribution is 2.21. The van der Waals surface area contributed by atoms with E-state index in [1.165, 1.54) is 0 Å². The number of carbonyl (C=O) groups excluding carboxylic acids is 1. The third-order valence-electron chi connectivity index (χ3n) is 5.27. The first-order valence-electron chi connectivity index (χ1n) is 9.24. The van der Waals surface area contributed by atoms with E-state index in [0.717, 1.165) is 49.7 Å². The number of nitrogens with one attached hydrogen (secondary N) is 2. The number of amides is 1. The zero-order valence-corrected chi connectivity index (χ0v) is 15.1. The van der Waals surface area contributed by atoms with Crippen LogP contribution in [0.3, 0.4) is 0 Å².